The van der Waals surface area contributed by atoms with Crippen molar-refractivity contribution in [1.82, 2.24) is 4.57 Å². The third kappa shape index (κ3) is 1.43. The minimum Gasteiger partial charge on any atom is -0.469 e. The molecular formula is C11H15NO2. The van der Waals surface area contributed by atoms with Crippen LogP contribution < -0.4 is 0 Å². The van der Waals surface area contributed by atoms with Gasteiger partial charge in [-0.05, 0) is 30.4 Å². The van der Waals surface area contributed by atoms with Crippen LogP contribution in [0.1, 0.15) is 29.9 Å². The van der Waals surface area contributed by atoms with E-state index in [0.717, 1.165) is 24.8 Å². The zero-order valence-corrected chi connectivity index (χ0v) is 8.62. The molecule has 3 nitrogen and oxygen atoms in total. The SMILES string of the molecule is COC(=O)C1CCCc2cn(C)cc21. The van der Waals surface area contributed by atoms with Crippen molar-refractivity contribution in [2.75, 3.05) is 7.11 Å². The smallest absolute Gasteiger partial charge is 0.313 e. The number of nitrogens with zero attached hydrogens (tertiary/aromatic N) is 1. The first kappa shape index (κ1) is 9.31. The Morgan fingerprint density at radius 2 is 2.36 bits per heavy atom. The highest BCUT2D eigenvalue weighted by Gasteiger charge is 2.28. The summed E-state index contributed by atoms with van der Waals surface area (Å²) in [5.41, 5.74) is 2.46. The van der Waals surface area contributed by atoms with Gasteiger partial charge in [0.15, 0.2) is 0 Å². The Labute approximate surface area is 83.7 Å². The number of aryl methyl sites for hydroxylation is 2. The third-order valence-corrected chi connectivity index (χ3v) is 2.87. The summed E-state index contributed by atoms with van der Waals surface area (Å²) in [5, 5.41) is 0. The second-order valence-electron chi connectivity index (χ2n) is 3.87. The van der Waals surface area contributed by atoms with Crippen LogP contribution in [0, 0.1) is 0 Å². The van der Waals surface area contributed by atoms with Crippen LogP contribution in [0.5, 0.6) is 0 Å². The monoisotopic (exact) mass is 193 g/mol. The maximum atomic E-state index is 11.5. The molecule has 0 spiro atoms. The van der Waals surface area contributed by atoms with Crippen LogP contribution in [0.3, 0.4) is 0 Å². The van der Waals surface area contributed by atoms with Crippen molar-refractivity contribution in [2.45, 2.75) is 25.2 Å². The van der Waals surface area contributed by atoms with Crippen molar-refractivity contribution < 1.29 is 9.53 Å². The minimum atomic E-state index is -0.0999. The molecule has 0 radical (unpaired) electrons. The molecule has 1 aromatic heterocycles. The lowest BCUT2D eigenvalue weighted by atomic mass is 9.86. The molecule has 0 saturated heterocycles. The normalized spacial score (nSPS) is 20.3. The molecule has 1 heterocycles. The van der Waals surface area contributed by atoms with Crippen molar-refractivity contribution in [3.8, 4) is 0 Å². The number of ether oxygens (including phenoxy) is 1. The number of methoxy groups -OCH3 is 1. The maximum Gasteiger partial charge on any atom is 0.313 e. The molecule has 1 aliphatic rings. The van der Waals surface area contributed by atoms with Gasteiger partial charge in [-0.3, -0.25) is 4.79 Å². The average molecular weight is 193 g/mol. The lowest BCUT2D eigenvalue weighted by Crippen LogP contribution is -2.18. The van der Waals surface area contributed by atoms with Crippen LogP contribution in [0.15, 0.2) is 12.4 Å². The Bertz CT molecular complexity index is 354. The maximum absolute atomic E-state index is 11.5. The summed E-state index contributed by atoms with van der Waals surface area (Å²) in [6.07, 6.45) is 7.23. The average Bonchev–Trinajstić information content (AvgIpc) is 2.56. The fourth-order valence-electron chi connectivity index (χ4n) is 2.22. The van der Waals surface area contributed by atoms with Crippen molar-refractivity contribution in [2.24, 2.45) is 7.05 Å². The third-order valence-electron chi connectivity index (χ3n) is 2.87. The lowest BCUT2D eigenvalue weighted by molar-refractivity contribution is -0.142. The molecule has 14 heavy (non-hydrogen) atoms. The van der Waals surface area contributed by atoms with Gasteiger partial charge in [-0.1, -0.05) is 0 Å². The van der Waals surface area contributed by atoms with E-state index < -0.39 is 0 Å². The standard InChI is InChI=1S/C11H15NO2/c1-12-6-8-4-3-5-9(10(8)7-12)11(13)14-2/h6-7,9H,3-5H2,1-2H3. The Hall–Kier alpha value is -1.25. The molecule has 0 saturated carbocycles. The van der Waals surface area contributed by atoms with Gasteiger partial charge in [0, 0.05) is 19.4 Å². The van der Waals surface area contributed by atoms with Crippen LogP contribution >= 0.6 is 0 Å². The Balaban J connectivity index is 2.34. The number of aromatic nitrogens is 1. The van der Waals surface area contributed by atoms with Crippen molar-refractivity contribution in [1.29, 1.82) is 0 Å². The van der Waals surface area contributed by atoms with Gasteiger partial charge in [-0.15, -0.1) is 0 Å². The van der Waals surface area contributed by atoms with E-state index in [1.807, 2.05) is 17.8 Å². The van der Waals surface area contributed by atoms with E-state index in [1.165, 1.54) is 12.7 Å². The molecule has 3 heteroatoms. The number of esters is 1. The van der Waals surface area contributed by atoms with E-state index in [2.05, 4.69) is 6.20 Å². The van der Waals surface area contributed by atoms with Crippen molar-refractivity contribution in [3.05, 3.63) is 23.5 Å². The van der Waals surface area contributed by atoms with Gasteiger partial charge < -0.3 is 9.30 Å². The zero-order valence-electron chi connectivity index (χ0n) is 8.62. The summed E-state index contributed by atoms with van der Waals surface area (Å²) in [4.78, 5) is 11.5. The predicted octanol–water partition coefficient (Wildman–Crippen LogP) is 1.62. The number of carbonyl (C=O) groups is 1. The summed E-state index contributed by atoms with van der Waals surface area (Å²) >= 11 is 0. The zero-order chi connectivity index (χ0) is 10.1. The first-order chi connectivity index (χ1) is 6.72. The van der Waals surface area contributed by atoms with E-state index in [-0.39, 0.29) is 11.9 Å². The van der Waals surface area contributed by atoms with Gasteiger partial charge in [-0.2, -0.15) is 0 Å². The van der Waals surface area contributed by atoms with E-state index >= 15 is 0 Å². The second-order valence-corrected chi connectivity index (χ2v) is 3.87. The molecule has 1 unspecified atom stereocenters. The quantitative estimate of drug-likeness (QED) is 0.634. The van der Waals surface area contributed by atoms with Crippen molar-refractivity contribution >= 4 is 5.97 Å². The van der Waals surface area contributed by atoms with Crippen LogP contribution in [0.2, 0.25) is 0 Å². The number of hydrogen-bond acceptors (Lipinski definition) is 2. The van der Waals surface area contributed by atoms with Crippen LogP contribution in [-0.2, 0) is 23.0 Å². The van der Waals surface area contributed by atoms with E-state index in [4.69, 9.17) is 4.74 Å². The summed E-state index contributed by atoms with van der Waals surface area (Å²) < 4.78 is 6.83. The molecule has 1 aliphatic carbocycles. The van der Waals surface area contributed by atoms with Gasteiger partial charge in [0.25, 0.3) is 0 Å². The molecular weight excluding hydrogens is 178 g/mol. The van der Waals surface area contributed by atoms with Gasteiger partial charge in [-0.25, -0.2) is 0 Å². The van der Waals surface area contributed by atoms with E-state index in [0.29, 0.717) is 0 Å². The van der Waals surface area contributed by atoms with E-state index in [9.17, 15) is 4.79 Å². The number of fused-ring (bicyclic) bond motifs is 1. The molecule has 2 rings (SSSR count). The topological polar surface area (TPSA) is 31.2 Å². The van der Waals surface area contributed by atoms with Gasteiger partial charge in [0.1, 0.15) is 0 Å². The molecule has 0 amide bonds. The Kier molecular flexibility index (Phi) is 2.32. The Morgan fingerprint density at radius 1 is 1.57 bits per heavy atom. The van der Waals surface area contributed by atoms with Crippen molar-refractivity contribution in [3.63, 3.8) is 0 Å². The molecule has 0 aromatic carbocycles. The number of carbonyl (C=O) groups excluding carboxylic acids is 1. The summed E-state index contributed by atoms with van der Waals surface area (Å²) in [6, 6.07) is 0. The molecule has 1 aromatic rings. The fourth-order valence-corrected chi connectivity index (χ4v) is 2.22. The Morgan fingerprint density at radius 3 is 3.07 bits per heavy atom. The van der Waals surface area contributed by atoms with Crippen LogP contribution in [0.4, 0.5) is 0 Å². The molecule has 0 bridgehead atoms. The summed E-state index contributed by atoms with van der Waals surface area (Å²) in [6.45, 7) is 0. The van der Waals surface area contributed by atoms with E-state index in [1.54, 1.807) is 0 Å². The largest absolute Gasteiger partial charge is 0.469 e. The summed E-state index contributed by atoms with van der Waals surface area (Å²) in [5.74, 6) is -0.137. The van der Waals surface area contributed by atoms with Gasteiger partial charge in [0.2, 0.25) is 0 Å². The predicted molar refractivity (Wildman–Crippen MR) is 53.1 cm³/mol. The minimum absolute atomic E-state index is 0.0371. The molecule has 76 valence electrons. The molecule has 0 aliphatic heterocycles. The second kappa shape index (κ2) is 3.48. The highest BCUT2D eigenvalue weighted by atomic mass is 16.5. The molecule has 0 N–H and O–H groups in total. The lowest BCUT2D eigenvalue weighted by Gasteiger charge is -2.19. The first-order valence-electron chi connectivity index (χ1n) is 4.95. The fraction of sp³-hybridized carbons (Fsp3) is 0.545. The van der Waals surface area contributed by atoms with Gasteiger partial charge >= 0.3 is 5.97 Å². The van der Waals surface area contributed by atoms with Crippen LogP contribution in [-0.4, -0.2) is 17.6 Å². The number of rotatable bonds is 1. The molecule has 0 fully saturated rings. The molecule has 1 atom stereocenters. The summed E-state index contributed by atoms with van der Waals surface area (Å²) in [7, 11) is 3.45. The van der Waals surface area contributed by atoms with Crippen LogP contribution in [0.25, 0.3) is 0 Å². The highest BCUT2D eigenvalue weighted by molar-refractivity contribution is 5.78. The van der Waals surface area contributed by atoms with Gasteiger partial charge in [0.05, 0.1) is 13.0 Å². The highest BCUT2D eigenvalue weighted by Crippen LogP contribution is 2.32. The number of hydrogen-bond donors (Lipinski definition) is 0. The first-order valence-corrected chi connectivity index (χ1v) is 4.95.